The summed E-state index contributed by atoms with van der Waals surface area (Å²) >= 11 is 0. The van der Waals surface area contributed by atoms with Crippen LogP contribution in [0.3, 0.4) is 0 Å². The summed E-state index contributed by atoms with van der Waals surface area (Å²) in [6.45, 7) is 5.16. The monoisotopic (exact) mass is 256 g/mol. The Labute approximate surface area is 108 Å². The van der Waals surface area contributed by atoms with Gasteiger partial charge in [0.1, 0.15) is 17.1 Å². The van der Waals surface area contributed by atoms with Gasteiger partial charge in [0.15, 0.2) is 5.43 Å². The van der Waals surface area contributed by atoms with Gasteiger partial charge in [-0.1, -0.05) is 0 Å². The van der Waals surface area contributed by atoms with E-state index in [4.69, 9.17) is 8.83 Å². The summed E-state index contributed by atoms with van der Waals surface area (Å²) in [5, 5.41) is 1.42. The van der Waals surface area contributed by atoms with Crippen LogP contribution in [0, 0.1) is 20.8 Å². The predicted octanol–water partition coefficient (Wildman–Crippen LogP) is 2.82. The molecule has 19 heavy (non-hydrogen) atoms. The topological polar surface area (TPSA) is 60.4 Å². The Hall–Kier alpha value is -2.36. The van der Waals surface area contributed by atoms with Gasteiger partial charge in [-0.05, 0) is 39.0 Å². The third-order valence-corrected chi connectivity index (χ3v) is 3.39. The lowest BCUT2D eigenvalue weighted by atomic mass is 10.0. The molecule has 0 fully saturated rings. The first-order chi connectivity index (χ1) is 8.99. The fourth-order valence-corrected chi connectivity index (χ4v) is 2.27. The highest BCUT2D eigenvalue weighted by atomic mass is 16.4. The van der Waals surface area contributed by atoms with Crippen LogP contribution in [0.15, 0.2) is 36.6 Å². The summed E-state index contributed by atoms with van der Waals surface area (Å²) in [7, 11) is 0. The van der Waals surface area contributed by atoms with Crippen LogP contribution in [0.4, 0.5) is 0 Å². The average Bonchev–Trinajstić information content (AvgIpc) is 2.35. The molecule has 0 atom stereocenters. The number of fused-ring (bicyclic) bond motifs is 3. The first kappa shape index (κ1) is 11.7. The van der Waals surface area contributed by atoms with Crippen molar-refractivity contribution < 1.29 is 8.83 Å². The van der Waals surface area contributed by atoms with Crippen LogP contribution >= 0.6 is 0 Å². The molecule has 0 spiro atoms. The summed E-state index contributed by atoms with van der Waals surface area (Å²) in [5.41, 5.74) is 0.514. The average molecular weight is 256 g/mol. The minimum absolute atomic E-state index is 0.102. The second-order valence-electron chi connectivity index (χ2n) is 4.66. The van der Waals surface area contributed by atoms with Gasteiger partial charge in [0.2, 0.25) is 0 Å². The molecule has 0 N–H and O–H groups in total. The standard InChI is InChI=1S/C15H12O4/c1-7-6-11-10(15(17)18-7)4-5-12-13(11)14(16)8(2)9(3)19-12/h4-6H,1-3H3. The van der Waals surface area contributed by atoms with Gasteiger partial charge >= 0.3 is 5.63 Å². The molecule has 2 aromatic heterocycles. The molecule has 3 rings (SSSR count). The first-order valence-electron chi connectivity index (χ1n) is 5.96. The van der Waals surface area contributed by atoms with Gasteiger partial charge < -0.3 is 8.83 Å². The van der Waals surface area contributed by atoms with E-state index in [0.717, 1.165) is 0 Å². The fourth-order valence-electron chi connectivity index (χ4n) is 2.27. The molecule has 4 heteroatoms. The van der Waals surface area contributed by atoms with Crippen molar-refractivity contribution in [3.8, 4) is 0 Å². The lowest BCUT2D eigenvalue weighted by Crippen LogP contribution is -2.09. The molecule has 0 saturated carbocycles. The van der Waals surface area contributed by atoms with Crippen molar-refractivity contribution in [1.82, 2.24) is 0 Å². The lowest BCUT2D eigenvalue weighted by Gasteiger charge is -2.05. The van der Waals surface area contributed by atoms with Crippen molar-refractivity contribution >= 4 is 21.7 Å². The SMILES string of the molecule is Cc1cc2c(ccc3oc(C)c(C)c(=O)c32)c(=O)o1. The van der Waals surface area contributed by atoms with E-state index in [1.807, 2.05) is 0 Å². The number of benzene rings is 1. The molecule has 0 radical (unpaired) electrons. The van der Waals surface area contributed by atoms with Crippen molar-refractivity contribution in [2.24, 2.45) is 0 Å². The molecule has 0 aliphatic heterocycles. The zero-order valence-electron chi connectivity index (χ0n) is 10.9. The minimum atomic E-state index is -0.436. The first-order valence-corrected chi connectivity index (χ1v) is 5.96. The highest BCUT2D eigenvalue weighted by molar-refractivity contribution is 6.05. The maximum atomic E-state index is 12.4. The van der Waals surface area contributed by atoms with Gasteiger partial charge in [0, 0.05) is 10.9 Å². The molecule has 0 bridgehead atoms. The van der Waals surface area contributed by atoms with Crippen LogP contribution in [0.25, 0.3) is 21.7 Å². The zero-order chi connectivity index (χ0) is 13.7. The maximum Gasteiger partial charge on any atom is 0.343 e. The van der Waals surface area contributed by atoms with E-state index >= 15 is 0 Å². The van der Waals surface area contributed by atoms with E-state index in [1.165, 1.54) is 0 Å². The van der Waals surface area contributed by atoms with Crippen molar-refractivity contribution in [1.29, 1.82) is 0 Å². The quantitative estimate of drug-likeness (QED) is 0.580. The normalized spacial score (nSPS) is 11.3. The second-order valence-corrected chi connectivity index (χ2v) is 4.66. The Bertz CT molecular complexity index is 929. The molecule has 96 valence electrons. The third kappa shape index (κ3) is 1.60. The van der Waals surface area contributed by atoms with E-state index in [9.17, 15) is 9.59 Å². The third-order valence-electron chi connectivity index (χ3n) is 3.39. The lowest BCUT2D eigenvalue weighted by molar-refractivity contribution is 0.488. The smallest absolute Gasteiger partial charge is 0.343 e. The van der Waals surface area contributed by atoms with Crippen LogP contribution in [0.5, 0.6) is 0 Å². The summed E-state index contributed by atoms with van der Waals surface area (Å²) in [5.74, 6) is 1.07. The number of rotatable bonds is 0. The predicted molar refractivity (Wildman–Crippen MR) is 72.7 cm³/mol. The molecular weight excluding hydrogens is 244 g/mol. The number of hydrogen-bond donors (Lipinski definition) is 0. The Morgan fingerprint density at radius 3 is 2.42 bits per heavy atom. The van der Waals surface area contributed by atoms with Crippen LogP contribution in [-0.2, 0) is 0 Å². The van der Waals surface area contributed by atoms with Gasteiger partial charge in [0.25, 0.3) is 0 Å². The second kappa shape index (κ2) is 3.82. The van der Waals surface area contributed by atoms with Crippen molar-refractivity contribution in [3.63, 3.8) is 0 Å². The summed E-state index contributed by atoms with van der Waals surface area (Å²) in [6.07, 6.45) is 0. The molecular formula is C15H12O4. The van der Waals surface area contributed by atoms with Gasteiger partial charge in [-0.3, -0.25) is 4.79 Å². The van der Waals surface area contributed by atoms with E-state index in [2.05, 4.69) is 0 Å². The number of hydrogen-bond acceptors (Lipinski definition) is 4. The molecule has 0 aliphatic carbocycles. The van der Waals surface area contributed by atoms with Gasteiger partial charge in [-0.25, -0.2) is 4.79 Å². The van der Waals surface area contributed by atoms with Crippen molar-refractivity contribution in [2.45, 2.75) is 20.8 Å². The van der Waals surface area contributed by atoms with Gasteiger partial charge in [-0.15, -0.1) is 0 Å². The van der Waals surface area contributed by atoms with Gasteiger partial charge in [0.05, 0.1) is 10.8 Å². The number of aryl methyl sites for hydroxylation is 2. The molecule has 3 aromatic rings. The van der Waals surface area contributed by atoms with E-state index in [0.29, 0.717) is 38.8 Å². The maximum absolute atomic E-state index is 12.4. The molecule has 0 saturated heterocycles. The summed E-state index contributed by atoms with van der Waals surface area (Å²) in [4.78, 5) is 24.2. The summed E-state index contributed by atoms with van der Waals surface area (Å²) in [6, 6.07) is 4.96. The minimum Gasteiger partial charge on any atom is -0.461 e. The fraction of sp³-hybridized carbons (Fsp3) is 0.200. The van der Waals surface area contributed by atoms with Crippen LogP contribution in [-0.4, -0.2) is 0 Å². The van der Waals surface area contributed by atoms with Crippen molar-refractivity contribution in [2.75, 3.05) is 0 Å². The van der Waals surface area contributed by atoms with Crippen molar-refractivity contribution in [3.05, 3.63) is 55.9 Å². The van der Waals surface area contributed by atoms with Crippen LogP contribution in [0.2, 0.25) is 0 Å². The van der Waals surface area contributed by atoms with Crippen LogP contribution < -0.4 is 11.1 Å². The zero-order valence-corrected chi connectivity index (χ0v) is 10.9. The van der Waals surface area contributed by atoms with E-state index < -0.39 is 5.63 Å². The Morgan fingerprint density at radius 2 is 1.68 bits per heavy atom. The van der Waals surface area contributed by atoms with E-state index in [1.54, 1.807) is 39.0 Å². The molecule has 1 aromatic carbocycles. The highest BCUT2D eigenvalue weighted by Crippen LogP contribution is 2.23. The Kier molecular flexibility index (Phi) is 2.35. The summed E-state index contributed by atoms with van der Waals surface area (Å²) < 4.78 is 10.7. The molecule has 0 amide bonds. The Morgan fingerprint density at radius 1 is 0.947 bits per heavy atom. The van der Waals surface area contributed by atoms with Crippen LogP contribution in [0.1, 0.15) is 17.1 Å². The largest absolute Gasteiger partial charge is 0.461 e. The Balaban J connectivity index is 2.71. The van der Waals surface area contributed by atoms with Gasteiger partial charge in [-0.2, -0.15) is 0 Å². The highest BCUT2D eigenvalue weighted by Gasteiger charge is 2.13. The molecule has 0 aliphatic rings. The molecule has 2 heterocycles. The molecule has 0 unspecified atom stereocenters. The molecule has 4 nitrogen and oxygen atoms in total. The van der Waals surface area contributed by atoms with E-state index in [-0.39, 0.29) is 5.43 Å².